The summed E-state index contributed by atoms with van der Waals surface area (Å²) in [5.74, 6) is -4.24. The Morgan fingerprint density at radius 1 is 0.897 bits per heavy atom. The quantitative estimate of drug-likeness (QED) is 0.315. The molecule has 1 aliphatic rings. The minimum Gasteiger partial charge on any atom is -0.366 e. The first kappa shape index (κ1) is 26.0. The summed E-state index contributed by atoms with van der Waals surface area (Å²) in [6.07, 6.45) is -2.13. The second-order valence-corrected chi connectivity index (χ2v) is 9.45. The Morgan fingerprint density at radius 3 is 2.21 bits per heavy atom. The molecular formula is C28H19F5N4O2. The highest BCUT2D eigenvalue weighted by molar-refractivity contribution is 6.13. The molecule has 0 saturated carbocycles. The van der Waals surface area contributed by atoms with Crippen molar-refractivity contribution < 1.29 is 31.5 Å². The molecule has 198 valence electrons. The lowest BCUT2D eigenvalue weighted by Gasteiger charge is -2.22. The van der Waals surface area contributed by atoms with Gasteiger partial charge in [0.15, 0.2) is 11.6 Å². The van der Waals surface area contributed by atoms with Crippen LogP contribution in [0.25, 0.3) is 22.3 Å². The summed E-state index contributed by atoms with van der Waals surface area (Å²) in [6.45, 7) is 3.30. The van der Waals surface area contributed by atoms with Gasteiger partial charge >= 0.3 is 6.18 Å². The number of anilines is 2. The van der Waals surface area contributed by atoms with E-state index in [0.717, 1.165) is 18.2 Å². The Labute approximate surface area is 218 Å². The molecule has 2 N–H and O–H groups in total. The third-order valence-electron chi connectivity index (χ3n) is 6.63. The fourth-order valence-corrected chi connectivity index (χ4v) is 4.91. The van der Waals surface area contributed by atoms with Crippen LogP contribution in [0.5, 0.6) is 0 Å². The molecule has 1 aliphatic heterocycles. The number of fused-ring (bicyclic) bond motifs is 1. The number of amides is 2. The number of hydrogen-bond donors (Lipinski definition) is 1. The number of halogens is 5. The average molecular weight is 538 g/mol. The van der Waals surface area contributed by atoms with E-state index in [9.17, 15) is 31.5 Å². The third kappa shape index (κ3) is 4.19. The average Bonchev–Trinajstić information content (AvgIpc) is 3.09. The normalized spacial score (nSPS) is 14.4. The van der Waals surface area contributed by atoms with Crippen LogP contribution in [0.1, 0.15) is 35.3 Å². The van der Waals surface area contributed by atoms with Gasteiger partial charge in [0.1, 0.15) is 0 Å². The van der Waals surface area contributed by atoms with Crippen molar-refractivity contribution in [1.82, 2.24) is 9.97 Å². The molecule has 2 amide bonds. The zero-order chi connectivity index (χ0) is 28.3. The number of nitrogens with zero attached hydrogens (tertiary/aromatic N) is 3. The molecule has 2 heterocycles. The number of benzene rings is 3. The molecule has 0 spiro atoms. The van der Waals surface area contributed by atoms with E-state index in [2.05, 4.69) is 9.97 Å². The number of carbonyl (C=O) groups is 2. The van der Waals surface area contributed by atoms with Gasteiger partial charge < -0.3 is 5.73 Å². The van der Waals surface area contributed by atoms with Crippen LogP contribution in [0.2, 0.25) is 0 Å². The molecule has 0 bridgehead atoms. The first-order valence-electron chi connectivity index (χ1n) is 11.6. The van der Waals surface area contributed by atoms with Crippen LogP contribution in [0.15, 0.2) is 67.0 Å². The van der Waals surface area contributed by atoms with Crippen LogP contribution in [-0.2, 0) is 16.4 Å². The number of carbonyl (C=O) groups excluding carboxylic acids is 2. The molecule has 0 unspecified atom stereocenters. The SMILES string of the molecule is CC1(C)C(=O)N(c2ncccn2)c2cccc(-c3cc(C(N)=O)c(C(F)(F)F)c(-c4ccc(F)c(F)c4)c3)c21. The fraction of sp³-hybridized carbons (Fsp3) is 0.143. The Morgan fingerprint density at radius 2 is 1.59 bits per heavy atom. The molecule has 5 rings (SSSR count). The highest BCUT2D eigenvalue weighted by atomic mass is 19.4. The molecule has 0 aliphatic carbocycles. The van der Waals surface area contributed by atoms with Crippen LogP contribution in [0.3, 0.4) is 0 Å². The largest absolute Gasteiger partial charge is 0.417 e. The van der Waals surface area contributed by atoms with Crippen molar-refractivity contribution >= 4 is 23.5 Å². The van der Waals surface area contributed by atoms with Crippen molar-refractivity contribution in [2.75, 3.05) is 4.90 Å². The molecule has 0 fully saturated rings. The van der Waals surface area contributed by atoms with E-state index in [-0.39, 0.29) is 23.0 Å². The van der Waals surface area contributed by atoms with Crippen LogP contribution in [0, 0.1) is 11.6 Å². The molecule has 0 saturated heterocycles. The summed E-state index contributed by atoms with van der Waals surface area (Å²) in [4.78, 5) is 35.5. The van der Waals surface area contributed by atoms with Crippen molar-refractivity contribution in [1.29, 1.82) is 0 Å². The second kappa shape index (κ2) is 8.97. The Balaban J connectivity index is 1.83. The number of hydrogen-bond acceptors (Lipinski definition) is 4. The maximum atomic E-state index is 14.3. The van der Waals surface area contributed by atoms with E-state index in [1.54, 1.807) is 38.1 Å². The van der Waals surface area contributed by atoms with Gasteiger partial charge in [-0.15, -0.1) is 0 Å². The number of alkyl halides is 3. The van der Waals surface area contributed by atoms with Crippen LogP contribution >= 0.6 is 0 Å². The van der Waals surface area contributed by atoms with E-state index in [0.29, 0.717) is 28.9 Å². The minimum absolute atomic E-state index is 0.110. The van der Waals surface area contributed by atoms with Crippen LogP contribution < -0.4 is 10.6 Å². The predicted octanol–water partition coefficient (Wildman–Crippen LogP) is 6.16. The Hall–Kier alpha value is -4.67. The Kier molecular flexibility index (Phi) is 5.97. The highest BCUT2D eigenvalue weighted by Crippen LogP contribution is 2.50. The van der Waals surface area contributed by atoms with Crippen molar-refractivity contribution in [2.24, 2.45) is 5.73 Å². The summed E-state index contributed by atoms with van der Waals surface area (Å²) in [7, 11) is 0. The topological polar surface area (TPSA) is 89.2 Å². The van der Waals surface area contributed by atoms with Gasteiger partial charge in [-0.25, -0.2) is 23.6 Å². The summed E-state index contributed by atoms with van der Waals surface area (Å²) in [6, 6.07) is 10.8. The number of rotatable bonds is 4. The lowest BCUT2D eigenvalue weighted by Crippen LogP contribution is -2.34. The van der Waals surface area contributed by atoms with Gasteiger partial charge in [-0.3, -0.25) is 9.59 Å². The molecule has 0 radical (unpaired) electrons. The summed E-state index contributed by atoms with van der Waals surface area (Å²) >= 11 is 0. The van der Waals surface area contributed by atoms with E-state index < -0.39 is 45.8 Å². The standard InChI is InChI=1S/C28H19F5N4O2/c1-27(2)23-16(5-3-6-21(23)37(25(27)39)26-35-9-4-10-36-26)15-11-17(14-7-8-19(29)20(30)13-14)22(28(31,32)33)18(12-15)24(34)38/h3-13H,1-2H3,(H2,34,38). The first-order valence-corrected chi connectivity index (χ1v) is 11.6. The zero-order valence-electron chi connectivity index (χ0n) is 20.5. The molecule has 6 nitrogen and oxygen atoms in total. The summed E-state index contributed by atoms with van der Waals surface area (Å²) in [5.41, 5.74) is 2.40. The first-order chi connectivity index (χ1) is 18.3. The number of aromatic nitrogens is 2. The minimum atomic E-state index is -5.06. The van der Waals surface area contributed by atoms with Gasteiger partial charge in [0.05, 0.1) is 22.2 Å². The molecule has 1 aromatic heterocycles. The number of primary amides is 1. The smallest absolute Gasteiger partial charge is 0.366 e. The fourth-order valence-electron chi connectivity index (χ4n) is 4.91. The molecule has 39 heavy (non-hydrogen) atoms. The van der Waals surface area contributed by atoms with Crippen LogP contribution in [0.4, 0.5) is 33.6 Å². The van der Waals surface area contributed by atoms with Gasteiger partial charge in [-0.1, -0.05) is 18.2 Å². The van der Waals surface area contributed by atoms with Gasteiger partial charge in [0.2, 0.25) is 17.8 Å². The zero-order valence-corrected chi connectivity index (χ0v) is 20.5. The van der Waals surface area contributed by atoms with E-state index in [4.69, 9.17) is 5.73 Å². The molecule has 11 heteroatoms. The van der Waals surface area contributed by atoms with Gasteiger partial charge in [0, 0.05) is 12.4 Å². The van der Waals surface area contributed by atoms with E-state index in [1.165, 1.54) is 17.3 Å². The molecular weight excluding hydrogens is 519 g/mol. The maximum absolute atomic E-state index is 14.3. The van der Waals surface area contributed by atoms with E-state index >= 15 is 0 Å². The lowest BCUT2D eigenvalue weighted by molar-refractivity contribution is -0.137. The molecule has 0 atom stereocenters. The monoisotopic (exact) mass is 538 g/mol. The van der Waals surface area contributed by atoms with Crippen LogP contribution in [-0.4, -0.2) is 21.8 Å². The van der Waals surface area contributed by atoms with Crippen molar-refractivity contribution in [3.63, 3.8) is 0 Å². The lowest BCUT2D eigenvalue weighted by atomic mass is 9.80. The predicted molar refractivity (Wildman–Crippen MR) is 133 cm³/mol. The summed E-state index contributed by atoms with van der Waals surface area (Å²) < 4.78 is 70.5. The van der Waals surface area contributed by atoms with Crippen molar-refractivity contribution in [2.45, 2.75) is 25.4 Å². The maximum Gasteiger partial charge on any atom is 0.417 e. The molecule has 3 aromatic carbocycles. The van der Waals surface area contributed by atoms with E-state index in [1.807, 2.05) is 0 Å². The summed E-state index contributed by atoms with van der Waals surface area (Å²) in [5, 5.41) is 0. The van der Waals surface area contributed by atoms with Gasteiger partial charge in [-0.2, -0.15) is 13.2 Å². The Bertz CT molecular complexity index is 1650. The van der Waals surface area contributed by atoms with Crippen molar-refractivity contribution in [3.05, 3.63) is 95.3 Å². The number of nitrogens with two attached hydrogens (primary N) is 1. The highest BCUT2D eigenvalue weighted by Gasteiger charge is 2.47. The van der Waals surface area contributed by atoms with Gasteiger partial charge in [0.25, 0.3) is 0 Å². The van der Waals surface area contributed by atoms with Gasteiger partial charge in [-0.05, 0) is 78.1 Å². The molecule has 4 aromatic rings. The third-order valence-corrected chi connectivity index (χ3v) is 6.63. The van der Waals surface area contributed by atoms with Crippen molar-refractivity contribution in [3.8, 4) is 22.3 Å². The second-order valence-electron chi connectivity index (χ2n) is 9.45.